The van der Waals surface area contributed by atoms with Crippen LogP contribution >= 0.6 is 11.3 Å². The molecule has 0 radical (unpaired) electrons. The van der Waals surface area contributed by atoms with E-state index in [-0.39, 0.29) is 5.97 Å². The normalized spacial score (nSPS) is 22.2. The predicted octanol–water partition coefficient (Wildman–Crippen LogP) is 2.57. The van der Waals surface area contributed by atoms with Crippen LogP contribution in [-0.2, 0) is 19.7 Å². The molecule has 1 aliphatic rings. The summed E-state index contributed by atoms with van der Waals surface area (Å²) in [7, 11) is 1.74. The Bertz CT molecular complexity index is 467. The Balaban J connectivity index is 1.96. The lowest BCUT2D eigenvalue weighted by molar-refractivity contribution is -0.148. The second-order valence-electron chi connectivity index (χ2n) is 5.55. The van der Waals surface area contributed by atoms with Crippen LogP contribution in [0, 0.1) is 0 Å². The number of nitrogens with zero attached hydrogens (tertiary/aromatic N) is 1. The van der Waals surface area contributed by atoms with Crippen LogP contribution in [-0.4, -0.2) is 36.8 Å². The highest BCUT2D eigenvalue weighted by molar-refractivity contribution is 7.13. The molecular weight excluding hydrogens is 276 g/mol. The predicted molar refractivity (Wildman–Crippen MR) is 79.2 cm³/mol. The molecule has 0 amide bonds. The van der Waals surface area contributed by atoms with Crippen molar-refractivity contribution in [3.63, 3.8) is 0 Å². The Labute approximate surface area is 123 Å². The molecule has 1 heterocycles. The third-order valence-electron chi connectivity index (χ3n) is 3.69. The molecule has 1 aromatic heterocycles. The Kier molecular flexibility index (Phi) is 4.65. The third kappa shape index (κ3) is 3.12. The van der Waals surface area contributed by atoms with E-state index in [1.165, 1.54) is 11.3 Å². The van der Waals surface area contributed by atoms with Crippen LogP contribution in [0.25, 0.3) is 0 Å². The highest BCUT2D eigenvalue weighted by atomic mass is 32.1. The maximum atomic E-state index is 12.0. The van der Waals surface area contributed by atoms with Crippen molar-refractivity contribution in [2.75, 3.05) is 19.0 Å². The zero-order chi connectivity index (χ0) is 14.8. The summed E-state index contributed by atoms with van der Waals surface area (Å²) in [5, 5.41) is 6.16. The number of hydrogen-bond acceptors (Lipinski definition) is 6. The summed E-state index contributed by atoms with van der Waals surface area (Å²) in [5.74, 6) is -0.236. The Morgan fingerprint density at radius 2 is 2.25 bits per heavy atom. The Morgan fingerprint density at radius 3 is 2.85 bits per heavy atom. The van der Waals surface area contributed by atoms with Gasteiger partial charge in [0.2, 0.25) is 0 Å². The summed E-state index contributed by atoms with van der Waals surface area (Å²) in [6.07, 6.45) is 2.38. The fraction of sp³-hybridized carbons (Fsp3) is 0.714. The fourth-order valence-electron chi connectivity index (χ4n) is 2.09. The molecule has 0 saturated heterocycles. The average Bonchev–Trinajstić information content (AvgIpc) is 2.82. The van der Waals surface area contributed by atoms with Crippen LogP contribution in [0.1, 0.15) is 39.3 Å². The van der Waals surface area contributed by atoms with Crippen molar-refractivity contribution in [2.24, 2.45) is 0 Å². The van der Waals surface area contributed by atoms with Gasteiger partial charge in [-0.25, -0.2) is 4.98 Å². The van der Waals surface area contributed by atoms with Crippen molar-refractivity contribution in [3.8, 4) is 0 Å². The van der Waals surface area contributed by atoms with Gasteiger partial charge in [-0.05, 0) is 33.6 Å². The number of rotatable bonds is 6. The molecule has 2 rings (SSSR count). The van der Waals surface area contributed by atoms with E-state index in [0.717, 1.165) is 23.7 Å². The van der Waals surface area contributed by atoms with Crippen LogP contribution in [0.5, 0.6) is 0 Å². The van der Waals surface area contributed by atoms with E-state index in [9.17, 15) is 4.79 Å². The van der Waals surface area contributed by atoms with Gasteiger partial charge in [-0.1, -0.05) is 0 Å². The smallest absolute Gasteiger partial charge is 0.317 e. The lowest BCUT2D eigenvalue weighted by Crippen LogP contribution is -2.40. The van der Waals surface area contributed by atoms with Gasteiger partial charge < -0.3 is 14.8 Å². The largest absolute Gasteiger partial charge is 0.465 e. The molecule has 112 valence electrons. The van der Waals surface area contributed by atoms with Gasteiger partial charge in [0.05, 0.1) is 18.4 Å². The number of thiazole rings is 1. The molecule has 1 saturated carbocycles. The van der Waals surface area contributed by atoms with Crippen molar-refractivity contribution in [1.82, 2.24) is 4.98 Å². The second-order valence-corrected chi connectivity index (χ2v) is 6.41. The number of ether oxygens (including phenoxy) is 2. The van der Waals surface area contributed by atoms with Gasteiger partial charge in [0.25, 0.3) is 0 Å². The highest BCUT2D eigenvalue weighted by Crippen LogP contribution is 2.31. The van der Waals surface area contributed by atoms with Gasteiger partial charge in [-0.2, -0.15) is 0 Å². The quantitative estimate of drug-likeness (QED) is 0.818. The van der Waals surface area contributed by atoms with Gasteiger partial charge in [0, 0.05) is 18.5 Å². The number of hydrogen-bond donors (Lipinski definition) is 1. The molecule has 1 fully saturated rings. The maximum Gasteiger partial charge on any atom is 0.317 e. The van der Waals surface area contributed by atoms with E-state index < -0.39 is 5.41 Å². The maximum absolute atomic E-state index is 12.0. The summed E-state index contributed by atoms with van der Waals surface area (Å²) < 4.78 is 10.4. The molecule has 5 nitrogen and oxygen atoms in total. The van der Waals surface area contributed by atoms with E-state index in [4.69, 9.17) is 9.47 Å². The number of aromatic nitrogens is 1. The third-order valence-corrected chi connectivity index (χ3v) is 4.46. The van der Waals surface area contributed by atoms with E-state index in [1.54, 1.807) is 7.11 Å². The van der Waals surface area contributed by atoms with Gasteiger partial charge in [0.15, 0.2) is 5.13 Å². The van der Waals surface area contributed by atoms with Crippen LogP contribution in [0.4, 0.5) is 5.13 Å². The van der Waals surface area contributed by atoms with Crippen LogP contribution < -0.4 is 5.32 Å². The van der Waals surface area contributed by atoms with E-state index in [0.29, 0.717) is 18.8 Å². The minimum Gasteiger partial charge on any atom is -0.465 e. The van der Waals surface area contributed by atoms with Crippen molar-refractivity contribution < 1.29 is 14.3 Å². The molecule has 20 heavy (non-hydrogen) atoms. The van der Waals surface area contributed by atoms with Gasteiger partial charge in [-0.15, -0.1) is 11.3 Å². The topological polar surface area (TPSA) is 60.5 Å². The van der Waals surface area contributed by atoms with E-state index in [1.807, 2.05) is 26.2 Å². The summed E-state index contributed by atoms with van der Waals surface area (Å²) in [6, 6.07) is 0.421. The van der Waals surface area contributed by atoms with Gasteiger partial charge in [0.1, 0.15) is 5.41 Å². The molecule has 1 N–H and O–H groups in total. The standard InChI is InChI=1S/C14H22N2O3S/c1-5-19-12(17)14(2,3)11-8-20-13(16-11)15-9-6-10(7-9)18-4/h8-10H,5-7H2,1-4H3,(H,15,16). The first-order valence-corrected chi connectivity index (χ1v) is 7.78. The zero-order valence-electron chi connectivity index (χ0n) is 12.4. The number of methoxy groups -OCH3 is 1. The molecular formula is C14H22N2O3S. The molecule has 1 aliphatic carbocycles. The fourth-order valence-corrected chi connectivity index (χ4v) is 3.05. The van der Waals surface area contributed by atoms with Crippen molar-refractivity contribution >= 4 is 22.4 Å². The van der Waals surface area contributed by atoms with Crippen LogP contribution in [0.2, 0.25) is 0 Å². The van der Waals surface area contributed by atoms with Crippen LogP contribution in [0.3, 0.4) is 0 Å². The molecule has 0 unspecified atom stereocenters. The van der Waals surface area contributed by atoms with Crippen molar-refractivity contribution in [3.05, 3.63) is 11.1 Å². The first-order chi connectivity index (χ1) is 9.47. The molecule has 1 aromatic rings. The second kappa shape index (κ2) is 6.10. The first kappa shape index (κ1) is 15.3. The first-order valence-electron chi connectivity index (χ1n) is 6.90. The van der Waals surface area contributed by atoms with Gasteiger partial charge >= 0.3 is 5.97 Å². The Morgan fingerprint density at radius 1 is 1.55 bits per heavy atom. The summed E-state index contributed by atoms with van der Waals surface area (Å²) in [4.78, 5) is 16.5. The van der Waals surface area contributed by atoms with E-state index in [2.05, 4.69) is 10.3 Å². The SMILES string of the molecule is CCOC(=O)C(C)(C)c1csc(NC2CC(OC)C2)n1. The van der Waals surface area contributed by atoms with Gasteiger partial charge in [-0.3, -0.25) is 4.79 Å². The zero-order valence-corrected chi connectivity index (χ0v) is 13.3. The number of carbonyl (C=O) groups excluding carboxylic acids is 1. The lowest BCUT2D eigenvalue weighted by Gasteiger charge is -2.34. The van der Waals surface area contributed by atoms with Crippen molar-refractivity contribution in [2.45, 2.75) is 51.2 Å². The molecule has 6 heteroatoms. The Hall–Kier alpha value is -1.14. The molecule has 0 bridgehead atoms. The molecule has 0 aliphatic heterocycles. The van der Waals surface area contributed by atoms with Crippen molar-refractivity contribution in [1.29, 1.82) is 0 Å². The molecule has 0 spiro atoms. The number of nitrogens with one attached hydrogen (secondary N) is 1. The molecule has 0 atom stereocenters. The number of carbonyl (C=O) groups is 1. The molecule has 0 aromatic carbocycles. The minimum absolute atomic E-state index is 0.236. The van der Waals surface area contributed by atoms with E-state index >= 15 is 0 Å². The average molecular weight is 298 g/mol. The van der Waals surface area contributed by atoms with Crippen LogP contribution in [0.15, 0.2) is 5.38 Å². The lowest BCUT2D eigenvalue weighted by atomic mass is 9.89. The number of anilines is 1. The number of esters is 1. The highest BCUT2D eigenvalue weighted by Gasteiger charge is 2.35. The summed E-state index contributed by atoms with van der Waals surface area (Å²) in [6.45, 7) is 5.88. The summed E-state index contributed by atoms with van der Waals surface area (Å²) >= 11 is 1.53. The summed E-state index contributed by atoms with van der Waals surface area (Å²) in [5.41, 5.74) is 0.0484. The minimum atomic E-state index is -0.707. The monoisotopic (exact) mass is 298 g/mol.